The maximum atomic E-state index is 12.3. The molecule has 0 bridgehead atoms. The predicted molar refractivity (Wildman–Crippen MR) is 82.3 cm³/mol. The van der Waals surface area contributed by atoms with Gasteiger partial charge in [0.05, 0.1) is 11.4 Å². The largest absolute Gasteiger partial charge is 0.381 e. The molecule has 5 heteroatoms. The van der Waals surface area contributed by atoms with Gasteiger partial charge in [-0.2, -0.15) is 0 Å². The van der Waals surface area contributed by atoms with Crippen molar-refractivity contribution in [3.05, 3.63) is 23.2 Å². The summed E-state index contributed by atoms with van der Waals surface area (Å²) in [5.41, 5.74) is 1.75. The summed E-state index contributed by atoms with van der Waals surface area (Å²) in [6, 6.07) is 6.14. The molecule has 3 N–H and O–H groups in total. The zero-order chi connectivity index (χ0) is 14.1. The Morgan fingerprint density at radius 3 is 2.70 bits per heavy atom. The molecule has 1 aliphatic carbocycles. The number of amides is 1. The van der Waals surface area contributed by atoms with Crippen molar-refractivity contribution in [1.29, 1.82) is 0 Å². The molecule has 3 rings (SSSR count). The van der Waals surface area contributed by atoms with Gasteiger partial charge in [-0.05, 0) is 50.0 Å². The minimum Gasteiger partial charge on any atom is -0.381 e. The molecule has 108 valence electrons. The van der Waals surface area contributed by atoms with Gasteiger partial charge in [0, 0.05) is 17.0 Å². The number of benzene rings is 1. The number of rotatable bonds is 5. The number of halogens is 1. The lowest BCUT2D eigenvalue weighted by atomic mass is 9.88. The van der Waals surface area contributed by atoms with Gasteiger partial charge in [0.15, 0.2) is 0 Å². The lowest BCUT2D eigenvalue weighted by molar-refractivity contribution is -0.121. The predicted octanol–water partition coefficient (Wildman–Crippen LogP) is 2.71. The molecule has 1 unspecified atom stereocenters. The van der Waals surface area contributed by atoms with Gasteiger partial charge >= 0.3 is 0 Å². The molecule has 0 spiro atoms. The summed E-state index contributed by atoms with van der Waals surface area (Å²) in [6.07, 6.45) is 2.39. The van der Waals surface area contributed by atoms with Crippen LogP contribution in [0.5, 0.6) is 0 Å². The van der Waals surface area contributed by atoms with Gasteiger partial charge in [-0.15, -0.1) is 0 Å². The van der Waals surface area contributed by atoms with Crippen molar-refractivity contribution < 1.29 is 4.79 Å². The monoisotopic (exact) mass is 293 g/mol. The molecule has 1 aliphatic heterocycles. The first kappa shape index (κ1) is 13.7. The number of carbonyl (C=O) groups is 1. The first-order chi connectivity index (χ1) is 9.63. The molecule has 2 aliphatic rings. The van der Waals surface area contributed by atoms with Crippen molar-refractivity contribution in [1.82, 2.24) is 5.32 Å². The molecular formula is C15H20ClN3O. The highest BCUT2D eigenvalue weighted by Gasteiger charge is 2.29. The number of carbonyl (C=O) groups excluding carboxylic acids is 1. The van der Waals surface area contributed by atoms with Gasteiger partial charge in [-0.25, -0.2) is 0 Å². The highest BCUT2D eigenvalue weighted by atomic mass is 35.5. The standard InChI is InChI=1S/C15H20ClN3O/c1-9(10-7-17-8-10)15(20)19-14-6-11(16)2-5-13(14)18-12-3-4-12/h2,5-6,9-10,12,17-18H,3-4,7-8H2,1H3,(H,19,20). The second-order valence-corrected chi connectivity index (χ2v) is 6.24. The first-order valence-corrected chi connectivity index (χ1v) is 7.59. The van der Waals surface area contributed by atoms with E-state index >= 15 is 0 Å². The van der Waals surface area contributed by atoms with Gasteiger partial charge in [-0.3, -0.25) is 4.79 Å². The van der Waals surface area contributed by atoms with Crippen molar-refractivity contribution >= 4 is 28.9 Å². The summed E-state index contributed by atoms with van der Waals surface area (Å²) in [5, 5.41) is 10.3. The Hall–Kier alpha value is -1.26. The van der Waals surface area contributed by atoms with Crippen LogP contribution >= 0.6 is 11.6 Å². The zero-order valence-electron chi connectivity index (χ0n) is 11.6. The van der Waals surface area contributed by atoms with E-state index in [1.54, 1.807) is 0 Å². The quantitative estimate of drug-likeness (QED) is 0.782. The van der Waals surface area contributed by atoms with E-state index in [0.717, 1.165) is 24.5 Å². The van der Waals surface area contributed by atoms with E-state index < -0.39 is 0 Å². The lowest BCUT2D eigenvalue weighted by Crippen LogP contribution is -2.48. The van der Waals surface area contributed by atoms with Crippen molar-refractivity contribution in [2.75, 3.05) is 23.7 Å². The van der Waals surface area contributed by atoms with Crippen LogP contribution in [0.25, 0.3) is 0 Å². The Balaban J connectivity index is 1.70. The molecule has 1 heterocycles. The molecule has 1 saturated heterocycles. The third-order valence-electron chi connectivity index (χ3n) is 4.11. The summed E-state index contributed by atoms with van der Waals surface area (Å²) < 4.78 is 0. The fourth-order valence-electron chi connectivity index (χ4n) is 2.32. The third-order valence-corrected chi connectivity index (χ3v) is 4.35. The van der Waals surface area contributed by atoms with E-state index in [1.165, 1.54) is 12.8 Å². The maximum absolute atomic E-state index is 12.3. The number of hydrogen-bond donors (Lipinski definition) is 3. The van der Waals surface area contributed by atoms with Crippen LogP contribution in [0.1, 0.15) is 19.8 Å². The van der Waals surface area contributed by atoms with Crippen LogP contribution in [0.15, 0.2) is 18.2 Å². The fraction of sp³-hybridized carbons (Fsp3) is 0.533. The van der Waals surface area contributed by atoms with Crippen molar-refractivity contribution in [2.45, 2.75) is 25.8 Å². The maximum Gasteiger partial charge on any atom is 0.227 e. The van der Waals surface area contributed by atoms with Gasteiger partial charge < -0.3 is 16.0 Å². The molecule has 1 saturated carbocycles. The Morgan fingerprint density at radius 2 is 2.10 bits per heavy atom. The van der Waals surface area contributed by atoms with Crippen LogP contribution in [0.4, 0.5) is 11.4 Å². The van der Waals surface area contributed by atoms with Crippen LogP contribution < -0.4 is 16.0 Å². The molecule has 0 aromatic heterocycles. The highest BCUT2D eigenvalue weighted by molar-refractivity contribution is 6.31. The van der Waals surface area contributed by atoms with Crippen LogP contribution in [-0.4, -0.2) is 25.0 Å². The van der Waals surface area contributed by atoms with Gasteiger partial charge in [-0.1, -0.05) is 18.5 Å². The third kappa shape index (κ3) is 3.07. The summed E-state index contributed by atoms with van der Waals surface area (Å²) in [5.74, 6) is 0.524. The molecular weight excluding hydrogens is 274 g/mol. The first-order valence-electron chi connectivity index (χ1n) is 7.21. The van der Waals surface area contributed by atoms with Crippen LogP contribution in [0.3, 0.4) is 0 Å². The van der Waals surface area contributed by atoms with Crippen molar-refractivity contribution in [3.8, 4) is 0 Å². The molecule has 0 radical (unpaired) electrons. The molecule has 4 nitrogen and oxygen atoms in total. The van der Waals surface area contributed by atoms with E-state index in [4.69, 9.17) is 11.6 Å². The highest BCUT2D eigenvalue weighted by Crippen LogP contribution is 2.32. The second-order valence-electron chi connectivity index (χ2n) is 5.80. The number of hydrogen-bond acceptors (Lipinski definition) is 3. The molecule has 20 heavy (non-hydrogen) atoms. The number of anilines is 2. The molecule has 1 aromatic carbocycles. The van der Waals surface area contributed by atoms with Gasteiger partial charge in [0.2, 0.25) is 5.91 Å². The Labute approximate surface area is 124 Å². The minimum atomic E-state index is 0.0176. The van der Waals surface area contributed by atoms with Crippen LogP contribution in [0, 0.1) is 11.8 Å². The SMILES string of the molecule is CC(C(=O)Nc1cc(Cl)ccc1NC1CC1)C1CNC1. The van der Waals surface area contributed by atoms with E-state index in [-0.39, 0.29) is 11.8 Å². The van der Waals surface area contributed by atoms with E-state index in [9.17, 15) is 4.79 Å². The van der Waals surface area contributed by atoms with Gasteiger partial charge in [0.25, 0.3) is 0 Å². The molecule has 1 amide bonds. The van der Waals surface area contributed by atoms with E-state index in [2.05, 4.69) is 16.0 Å². The second kappa shape index (κ2) is 5.62. The van der Waals surface area contributed by atoms with Crippen LogP contribution in [0.2, 0.25) is 5.02 Å². The minimum absolute atomic E-state index is 0.0176. The molecule has 1 atom stereocenters. The Morgan fingerprint density at radius 1 is 1.35 bits per heavy atom. The normalized spacial score (nSPS) is 20.1. The van der Waals surface area contributed by atoms with Crippen molar-refractivity contribution in [3.63, 3.8) is 0 Å². The summed E-state index contributed by atoms with van der Waals surface area (Å²) in [6.45, 7) is 3.84. The van der Waals surface area contributed by atoms with Crippen LogP contribution in [-0.2, 0) is 4.79 Å². The topological polar surface area (TPSA) is 53.2 Å². The van der Waals surface area contributed by atoms with Gasteiger partial charge in [0.1, 0.15) is 0 Å². The zero-order valence-corrected chi connectivity index (χ0v) is 12.3. The summed E-state index contributed by atoms with van der Waals surface area (Å²) in [7, 11) is 0. The Kier molecular flexibility index (Phi) is 3.85. The smallest absolute Gasteiger partial charge is 0.227 e. The average Bonchev–Trinajstić information content (AvgIpc) is 3.14. The average molecular weight is 294 g/mol. The van der Waals surface area contributed by atoms with E-state index in [0.29, 0.717) is 17.0 Å². The lowest BCUT2D eigenvalue weighted by Gasteiger charge is -2.31. The van der Waals surface area contributed by atoms with E-state index in [1.807, 2.05) is 25.1 Å². The Bertz CT molecular complexity index is 512. The summed E-state index contributed by atoms with van der Waals surface area (Å²) in [4.78, 5) is 12.3. The number of nitrogens with one attached hydrogen (secondary N) is 3. The fourth-order valence-corrected chi connectivity index (χ4v) is 2.49. The molecule has 2 fully saturated rings. The van der Waals surface area contributed by atoms with Crippen molar-refractivity contribution in [2.24, 2.45) is 11.8 Å². The molecule has 1 aromatic rings. The summed E-state index contributed by atoms with van der Waals surface area (Å²) >= 11 is 6.04.